The van der Waals surface area contributed by atoms with E-state index in [0.717, 1.165) is 19.4 Å². The maximum atomic E-state index is 13.1. The fourth-order valence-corrected chi connectivity index (χ4v) is 3.60. The fraction of sp³-hybridized carbons (Fsp3) is 0.409. The van der Waals surface area contributed by atoms with E-state index in [9.17, 15) is 36.3 Å². The van der Waals surface area contributed by atoms with Crippen molar-refractivity contribution in [1.29, 1.82) is 0 Å². The van der Waals surface area contributed by atoms with Crippen molar-refractivity contribution in [2.75, 3.05) is 6.54 Å². The Kier molecular flexibility index (Phi) is 6.12. The molecule has 0 fully saturated rings. The Balaban J connectivity index is 1.77. The predicted octanol–water partition coefficient (Wildman–Crippen LogP) is 2.82. The van der Waals surface area contributed by atoms with Gasteiger partial charge >= 0.3 is 12.1 Å². The molecule has 0 aromatic rings. The molecule has 1 aliphatic heterocycles. The zero-order valence-electron chi connectivity index (χ0n) is 17.7. The monoisotopic (exact) mass is 471 g/mol. The number of rotatable bonds is 5. The van der Waals surface area contributed by atoms with Crippen molar-refractivity contribution in [1.82, 2.24) is 16.0 Å². The van der Waals surface area contributed by atoms with Gasteiger partial charge in [0.05, 0.1) is 12.0 Å². The summed E-state index contributed by atoms with van der Waals surface area (Å²) in [6.07, 6.45) is 8.98. The van der Waals surface area contributed by atoms with Gasteiger partial charge in [0.1, 0.15) is 11.5 Å². The lowest BCUT2D eigenvalue weighted by molar-refractivity contribution is -0.278. The minimum atomic E-state index is -5.85. The summed E-state index contributed by atoms with van der Waals surface area (Å²) >= 11 is 0. The number of nitrogens with one attached hydrogen (secondary N) is 3. The van der Waals surface area contributed by atoms with Gasteiger partial charge in [-0.3, -0.25) is 14.4 Å². The maximum Gasteiger partial charge on any atom is 0.455 e. The van der Waals surface area contributed by atoms with Crippen LogP contribution in [0.5, 0.6) is 0 Å². The van der Waals surface area contributed by atoms with Crippen LogP contribution in [0.2, 0.25) is 0 Å². The molecule has 0 saturated carbocycles. The van der Waals surface area contributed by atoms with Gasteiger partial charge in [0.25, 0.3) is 5.91 Å². The zero-order chi connectivity index (χ0) is 24.7. The second-order valence-corrected chi connectivity index (χ2v) is 8.47. The maximum absolute atomic E-state index is 13.1. The van der Waals surface area contributed by atoms with Crippen LogP contribution >= 0.6 is 0 Å². The van der Waals surface area contributed by atoms with E-state index in [0.29, 0.717) is 12.1 Å². The average Bonchev–Trinajstić information content (AvgIpc) is 2.85. The molecule has 6 nitrogen and oxygen atoms in total. The standard InChI is InChI=1S/C22H22F5N3O3/c1-19(2,17(32)28-12-21(23,24)22(25,26)27)18(33)29-14-11-13-7-3-5-9-20(13)10-6-4-8-15(20)30-16(14)31/h3-9,11,14H,10,12H2,1-2H3,(H,28,32)(H,29,33)(H,30,31)/t14-,20?/m0/s1. The summed E-state index contributed by atoms with van der Waals surface area (Å²) in [6, 6.07) is -1.21. The lowest BCUT2D eigenvalue weighted by Gasteiger charge is -2.35. The molecule has 1 unspecified atom stereocenters. The summed E-state index contributed by atoms with van der Waals surface area (Å²) in [7, 11) is 0. The first-order valence-corrected chi connectivity index (χ1v) is 10.0. The first-order chi connectivity index (χ1) is 15.2. The van der Waals surface area contributed by atoms with Crippen LogP contribution in [0.1, 0.15) is 20.3 Å². The normalized spacial score (nSPS) is 24.6. The van der Waals surface area contributed by atoms with Crippen molar-refractivity contribution in [3.05, 3.63) is 59.9 Å². The highest BCUT2D eigenvalue weighted by Gasteiger charge is 2.57. The van der Waals surface area contributed by atoms with Crippen molar-refractivity contribution < 1.29 is 36.3 Å². The van der Waals surface area contributed by atoms with Crippen LogP contribution in [0.15, 0.2) is 59.9 Å². The Morgan fingerprint density at radius 2 is 1.82 bits per heavy atom. The first-order valence-electron chi connectivity index (χ1n) is 10.0. The second-order valence-electron chi connectivity index (χ2n) is 8.47. The Morgan fingerprint density at radius 1 is 1.12 bits per heavy atom. The van der Waals surface area contributed by atoms with E-state index in [1.54, 1.807) is 24.3 Å². The summed E-state index contributed by atoms with van der Waals surface area (Å²) in [6.45, 7) is 0.102. The molecule has 178 valence electrons. The fourth-order valence-electron chi connectivity index (χ4n) is 3.60. The van der Waals surface area contributed by atoms with E-state index in [-0.39, 0.29) is 0 Å². The molecule has 3 N–H and O–H groups in total. The number of amides is 3. The van der Waals surface area contributed by atoms with Crippen LogP contribution in [0.3, 0.4) is 0 Å². The molecular weight excluding hydrogens is 449 g/mol. The van der Waals surface area contributed by atoms with E-state index in [1.807, 2.05) is 18.2 Å². The number of allylic oxidation sites excluding steroid dienone is 7. The number of halogens is 5. The predicted molar refractivity (Wildman–Crippen MR) is 109 cm³/mol. The van der Waals surface area contributed by atoms with Gasteiger partial charge in [-0.05, 0) is 38.0 Å². The largest absolute Gasteiger partial charge is 0.455 e. The third-order valence-corrected chi connectivity index (χ3v) is 5.80. The van der Waals surface area contributed by atoms with Crippen molar-refractivity contribution >= 4 is 17.7 Å². The van der Waals surface area contributed by atoms with Gasteiger partial charge in [-0.2, -0.15) is 22.0 Å². The summed E-state index contributed by atoms with van der Waals surface area (Å²) in [4.78, 5) is 37.9. The van der Waals surface area contributed by atoms with Crippen LogP contribution in [0.4, 0.5) is 22.0 Å². The van der Waals surface area contributed by atoms with Crippen molar-refractivity contribution in [2.45, 2.75) is 38.4 Å². The summed E-state index contributed by atoms with van der Waals surface area (Å²) in [5, 5.41) is 6.63. The molecule has 3 rings (SSSR count). The van der Waals surface area contributed by atoms with Crippen LogP contribution in [-0.4, -0.2) is 42.4 Å². The Bertz CT molecular complexity index is 1020. The topological polar surface area (TPSA) is 87.3 Å². The summed E-state index contributed by atoms with van der Waals surface area (Å²) < 4.78 is 63.3. The molecule has 2 aliphatic carbocycles. The third kappa shape index (κ3) is 4.49. The molecule has 3 aliphatic rings. The van der Waals surface area contributed by atoms with Crippen LogP contribution < -0.4 is 16.0 Å². The van der Waals surface area contributed by atoms with Gasteiger partial charge in [-0.15, -0.1) is 0 Å². The molecule has 2 atom stereocenters. The van der Waals surface area contributed by atoms with Crippen LogP contribution in [0, 0.1) is 10.8 Å². The molecule has 1 heterocycles. The molecule has 0 aromatic carbocycles. The van der Waals surface area contributed by atoms with Crippen molar-refractivity contribution in [3.8, 4) is 0 Å². The van der Waals surface area contributed by atoms with Gasteiger partial charge in [-0.1, -0.05) is 36.5 Å². The highest BCUT2D eigenvalue weighted by Crippen LogP contribution is 2.45. The van der Waals surface area contributed by atoms with E-state index < -0.39 is 53.2 Å². The second kappa shape index (κ2) is 8.27. The molecule has 1 spiro atoms. The third-order valence-electron chi connectivity index (χ3n) is 5.80. The minimum absolute atomic E-state index is 0.563. The SMILES string of the molecule is CC(C)(C(=O)NCC(F)(F)C(F)(F)F)C(=O)N[C@H]1C=C2C=CC=CC23CC=CC=C3NC1=O. The molecule has 11 heteroatoms. The Hall–Kier alpha value is -3.24. The molecule has 0 radical (unpaired) electrons. The number of carbonyl (C=O) groups excluding carboxylic acids is 3. The van der Waals surface area contributed by atoms with E-state index in [2.05, 4.69) is 10.6 Å². The van der Waals surface area contributed by atoms with E-state index >= 15 is 0 Å². The highest BCUT2D eigenvalue weighted by atomic mass is 19.4. The number of carbonyl (C=O) groups is 3. The summed E-state index contributed by atoms with van der Waals surface area (Å²) in [5.74, 6) is -8.11. The lowest BCUT2D eigenvalue weighted by Crippen LogP contribution is -2.55. The highest BCUT2D eigenvalue weighted by molar-refractivity contribution is 6.05. The van der Waals surface area contributed by atoms with Crippen molar-refractivity contribution in [3.63, 3.8) is 0 Å². The molecule has 0 aromatic heterocycles. The average molecular weight is 471 g/mol. The minimum Gasteiger partial charge on any atom is -0.349 e. The van der Waals surface area contributed by atoms with Crippen molar-refractivity contribution in [2.24, 2.45) is 10.8 Å². The molecule has 0 saturated heterocycles. The number of hydrogen-bond acceptors (Lipinski definition) is 3. The van der Waals surface area contributed by atoms with E-state index in [4.69, 9.17) is 0 Å². The van der Waals surface area contributed by atoms with Gasteiger partial charge in [0.15, 0.2) is 0 Å². The Morgan fingerprint density at radius 3 is 2.48 bits per heavy atom. The molecule has 0 bridgehead atoms. The van der Waals surface area contributed by atoms with Gasteiger partial charge in [0.2, 0.25) is 11.8 Å². The molecular formula is C22H22F5N3O3. The van der Waals surface area contributed by atoms with Gasteiger partial charge in [-0.25, -0.2) is 0 Å². The Labute approximate surface area is 186 Å². The van der Waals surface area contributed by atoms with Crippen LogP contribution in [-0.2, 0) is 14.4 Å². The summed E-state index contributed by atoms with van der Waals surface area (Å²) in [5.41, 5.74) is -1.35. The van der Waals surface area contributed by atoms with Gasteiger partial charge in [0, 0.05) is 5.70 Å². The van der Waals surface area contributed by atoms with Gasteiger partial charge < -0.3 is 16.0 Å². The van der Waals surface area contributed by atoms with Crippen LogP contribution in [0.25, 0.3) is 0 Å². The quantitative estimate of drug-likeness (QED) is 0.426. The molecule has 3 amide bonds. The zero-order valence-corrected chi connectivity index (χ0v) is 17.7. The lowest BCUT2D eigenvalue weighted by atomic mass is 9.70. The van der Waals surface area contributed by atoms with E-state index in [1.165, 1.54) is 11.4 Å². The smallest absolute Gasteiger partial charge is 0.349 e. The first kappa shape index (κ1) is 24.4. The number of alkyl halides is 5. The molecule has 33 heavy (non-hydrogen) atoms. The number of hydrogen-bond donors (Lipinski definition) is 3.